The SMILES string of the molecule is CCC(CC)n1ccc(CN(CCO)CCO)n1. The third-order valence-corrected chi connectivity index (χ3v) is 3.20. The van der Waals surface area contributed by atoms with E-state index >= 15 is 0 Å². The molecule has 0 bridgehead atoms. The summed E-state index contributed by atoms with van der Waals surface area (Å²) in [6.07, 6.45) is 4.17. The van der Waals surface area contributed by atoms with Crippen molar-refractivity contribution in [2.45, 2.75) is 39.3 Å². The maximum absolute atomic E-state index is 8.96. The van der Waals surface area contributed by atoms with Gasteiger partial charge in [0.05, 0.1) is 24.9 Å². The number of hydrogen-bond acceptors (Lipinski definition) is 4. The summed E-state index contributed by atoms with van der Waals surface area (Å²) < 4.78 is 2.02. The molecule has 0 spiro atoms. The predicted octanol–water partition coefficient (Wildman–Crippen LogP) is 1.03. The summed E-state index contributed by atoms with van der Waals surface area (Å²) in [6, 6.07) is 2.47. The number of aromatic nitrogens is 2. The summed E-state index contributed by atoms with van der Waals surface area (Å²) in [7, 11) is 0. The lowest BCUT2D eigenvalue weighted by molar-refractivity contribution is 0.154. The molecular weight excluding hydrogens is 230 g/mol. The lowest BCUT2D eigenvalue weighted by Crippen LogP contribution is -2.29. The van der Waals surface area contributed by atoms with Gasteiger partial charge in [-0.25, -0.2) is 0 Å². The van der Waals surface area contributed by atoms with Crippen LogP contribution in [0, 0.1) is 0 Å². The van der Waals surface area contributed by atoms with Gasteiger partial charge in [0.15, 0.2) is 0 Å². The van der Waals surface area contributed by atoms with Crippen LogP contribution in [0.25, 0.3) is 0 Å². The van der Waals surface area contributed by atoms with Crippen LogP contribution in [0.3, 0.4) is 0 Å². The van der Waals surface area contributed by atoms with E-state index in [1.807, 2.05) is 21.8 Å². The van der Waals surface area contributed by atoms with Crippen molar-refractivity contribution < 1.29 is 10.2 Å². The second-order valence-corrected chi connectivity index (χ2v) is 4.48. The van der Waals surface area contributed by atoms with Gasteiger partial charge in [0.1, 0.15) is 0 Å². The van der Waals surface area contributed by atoms with Crippen LogP contribution in [0.5, 0.6) is 0 Å². The quantitative estimate of drug-likeness (QED) is 0.692. The molecule has 0 radical (unpaired) electrons. The van der Waals surface area contributed by atoms with Gasteiger partial charge in [-0.1, -0.05) is 13.8 Å². The van der Waals surface area contributed by atoms with E-state index in [-0.39, 0.29) is 13.2 Å². The average Bonchev–Trinajstić information content (AvgIpc) is 2.80. The molecule has 104 valence electrons. The molecule has 1 aromatic rings. The molecule has 1 heterocycles. The van der Waals surface area contributed by atoms with Crippen LogP contribution >= 0.6 is 0 Å². The molecule has 0 unspecified atom stereocenters. The van der Waals surface area contributed by atoms with Gasteiger partial charge < -0.3 is 10.2 Å². The molecule has 0 saturated heterocycles. The zero-order valence-corrected chi connectivity index (χ0v) is 11.4. The van der Waals surface area contributed by atoms with Crippen molar-refractivity contribution in [2.24, 2.45) is 0 Å². The van der Waals surface area contributed by atoms with Crippen LogP contribution in [0.1, 0.15) is 38.4 Å². The largest absolute Gasteiger partial charge is 0.395 e. The fourth-order valence-electron chi connectivity index (χ4n) is 2.11. The predicted molar refractivity (Wildman–Crippen MR) is 71.3 cm³/mol. The number of aliphatic hydroxyl groups excluding tert-OH is 2. The fraction of sp³-hybridized carbons (Fsp3) is 0.769. The van der Waals surface area contributed by atoms with E-state index in [9.17, 15) is 0 Å². The monoisotopic (exact) mass is 255 g/mol. The molecule has 0 saturated carbocycles. The normalized spacial score (nSPS) is 11.7. The summed E-state index contributed by atoms with van der Waals surface area (Å²) in [4.78, 5) is 2.00. The van der Waals surface area contributed by atoms with Crippen molar-refractivity contribution in [3.63, 3.8) is 0 Å². The summed E-state index contributed by atoms with van der Waals surface area (Å²) in [5, 5.41) is 22.5. The van der Waals surface area contributed by atoms with E-state index in [4.69, 9.17) is 10.2 Å². The first-order valence-corrected chi connectivity index (χ1v) is 6.73. The zero-order valence-electron chi connectivity index (χ0n) is 11.4. The lowest BCUT2D eigenvalue weighted by Gasteiger charge is -2.18. The zero-order chi connectivity index (χ0) is 13.4. The number of nitrogens with zero attached hydrogens (tertiary/aromatic N) is 3. The van der Waals surface area contributed by atoms with Crippen molar-refractivity contribution in [1.29, 1.82) is 0 Å². The Bertz CT molecular complexity index is 318. The van der Waals surface area contributed by atoms with E-state index in [2.05, 4.69) is 18.9 Å². The molecule has 1 aromatic heterocycles. The Morgan fingerprint density at radius 1 is 1.22 bits per heavy atom. The van der Waals surface area contributed by atoms with Crippen LogP contribution in [0.2, 0.25) is 0 Å². The summed E-state index contributed by atoms with van der Waals surface area (Å²) in [6.45, 7) is 6.35. The Kier molecular flexibility index (Phi) is 6.93. The topological polar surface area (TPSA) is 61.5 Å². The first-order chi connectivity index (χ1) is 8.74. The van der Waals surface area contributed by atoms with Crippen molar-refractivity contribution in [3.05, 3.63) is 18.0 Å². The minimum Gasteiger partial charge on any atom is -0.395 e. The van der Waals surface area contributed by atoms with E-state index < -0.39 is 0 Å². The Morgan fingerprint density at radius 2 is 1.83 bits per heavy atom. The molecule has 0 aliphatic heterocycles. The molecule has 1 rings (SSSR count). The van der Waals surface area contributed by atoms with Crippen LogP contribution < -0.4 is 0 Å². The van der Waals surface area contributed by atoms with E-state index in [1.165, 1.54) is 0 Å². The molecular formula is C13H25N3O2. The Hall–Kier alpha value is -0.910. The van der Waals surface area contributed by atoms with Gasteiger partial charge in [0.2, 0.25) is 0 Å². The molecule has 0 atom stereocenters. The van der Waals surface area contributed by atoms with Crippen molar-refractivity contribution in [2.75, 3.05) is 26.3 Å². The highest BCUT2D eigenvalue weighted by molar-refractivity contribution is 4.99. The first-order valence-electron chi connectivity index (χ1n) is 6.73. The maximum Gasteiger partial charge on any atom is 0.0764 e. The standard InChI is InChI=1S/C13H25N3O2/c1-3-13(4-2)16-6-5-12(14-16)11-15(7-9-17)8-10-18/h5-6,13,17-18H,3-4,7-11H2,1-2H3. The van der Waals surface area contributed by atoms with Crippen molar-refractivity contribution in [1.82, 2.24) is 14.7 Å². The van der Waals surface area contributed by atoms with Crippen LogP contribution in [-0.4, -0.2) is 51.2 Å². The second kappa shape index (κ2) is 8.24. The molecule has 5 nitrogen and oxygen atoms in total. The summed E-state index contributed by atoms with van der Waals surface area (Å²) >= 11 is 0. The molecule has 0 aliphatic rings. The average molecular weight is 255 g/mol. The van der Waals surface area contributed by atoms with Crippen LogP contribution in [0.4, 0.5) is 0 Å². The van der Waals surface area contributed by atoms with Crippen molar-refractivity contribution in [3.8, 4) is 0 Å². The van der Waals surface area contributed by atoms with E-state index in [0.29, 0.717) is 25.7 Å². The Morgan fingerprint density at radius 3 is 2.33 bits per heavy atom. The smallest absolute Gasteiger partial charge is 0.0764 e. The number of hydrogen-bond donors (Lipinski definition) is 2. The highest BCUT2D eigenvalue weighted by atomic mass is 16.3. The highest BCUT2D eigenvalue weighted by Gasteiger charge is 2.10. The summed E-state index contributed by atoms with van der Waals surface area (Å²) in [5.74, 6) is 0. The van der Waals surface area contributed by atoms with Gasteiger partial charge >= 0.3 is 0 Å². The van der Waals surface area contributed by atoms with Gasteiger partial charge in [-0.05, 0) is 18.9 Å². The molecule has 5 heteroatoms. The third kappa shape index (κ3) is 4.40. The van der Waals surface area contributed by atoms with Crippen molar-refractivity contribution >= 4 is 0 Å². The van der Waals surface area contributed by atoms with Gasteiger partial charge in [0.25, 0.3) is 0 Å². The van der Waals surface area contributed by atoms with Gasteiger partial charge in [-0.3, -0.25) is 9.58 Å². The molecule has 0 aromatic carbocycles. The molecule has 2 N–H and O–H groups in total. The fourth-order valence-corrected chi connectivity index (χ4v) is 2.11. The molecule has 0 fully saturated rings. The van der Waals surface area contributed by atoms with Gasteiger partial charge in [0, 0.05) is 25.8 Å². The first kappa shape index (κ1) is 15.1. The summed E-state index contributed by atoms with van der Waals surface area (Å²) in [5.41, 5.74) is 0.990. The van der Waals surface area contributed by atoms with Gasteiger partial charge in [-0.2, -0.15) is 5.10 Å². The second-order valence-electron chi connectivity index (χ2n) is 4.48. The maximum atomic E-state index is 8.96. The molecule has 0 aliphatic carbocycles. The van der Waals surface area contributed by atoms with Gasteiger partial charge in [-0.15, -0.1) is 0 Å². The van der Waals surface area contributed by atoms with Crippen LogP contribution in [0.15, 0.2) is 12.3 Å². The third-order valence-electron chi connectivity index (χ3n) is 3.20. The van der Waals surface area contributed by atoms with E-state index in [1.54, 1.807) is 0 Å². The number of rotatable bonds is 9. The highest BCUT2D eigenvalue weighted by Crippen LogP contribution is 2.15. The minimum absolute atomic E-state index is 0.104. The number of aliphatic hydroxyl groups is 2. The molecule has 18 heavy (non-hydrogen) atoms. The Balaban J connectivity index is 2.61. The molecule has 0 amide bonds. The Labute approximate surface area is 109 Å². The van der Waals surface area contributed by atoms with Crippen LogP contribution in [-0.2, 0) is 6.54 Å². The lowest BCUT2D eigenvalue weighted by atomic mass is 10.2. The van der Waals surface area contributed by atoms with E-state index in [0.717, 1.165) is 18.5 Å². The minimum atomic E-state index is 0.104.